The van der Waals surface area contributed by atoms with E-state index in [2.05, 4.69) is 12.1 Å². The zero-order chi connectivity index (χ0) is 36.3. The molecule has 4 heterocycles. The number of carbonyl (C=O) groups is 4. The Balaban J connectivity index is 1.07. The summed E-state index contributed by atoms with van der Waals surface area (Å²) in [6, 6.07) is 18.5. The van der Waals surface area contributed by atoms with E-state index < -0.39 is 34.3 Å². The first-order valence-electron chi connectivity index (χ1n) is 18.7. The number of hydrogen-bond donors (Lipinski definition) is 0. The van der Waals surface area contributed by atoms with E-state index in [0.29, 0.717) is 43.4 Å². The standard InChI is InChI=1S/C44H32N2O6S2/c47-35-25-13-5-3-11-23(25)27(37(35)49)21-33-45-41-39(53-33)29-20-32-30(19-31(29)51-43(41)15-7-1-8-16-43)40-42(44(52-32)17-9-2-10-18-44)46-34(54-40)22-28-24-12-4-6-14-26(24)36(48)38(28)50/h3-6,11-14,19-22H,1-2,7-10,15-18H2/b27-21-,28-22-. The van der Waals surface area contributed by atoms with Crippen LogP contribution in [0, 0.1) is 0 Å². The number of ether oxygens (including phenoxy) is 2. The van der Waals surface area contributed by atoms with E-state index in [9.17, 15) is 19.2 Å². The first-order chi connectivity index (χ1) is 26.3. The van der Waals surface area contributed by atoms with Gasteiger partial charge in [0.25, 0.3) is 0 Å². The lowest BCUT2D eigenvalue weighted by Gasteiger charge is -2.43. The second kappa shape index (κ2) is 11.6. The lowest BCUT2D eigenvalue weighted by atomic mass is 9.78. The lowest BCUT2D eigenvalue weighted by molar-refractivity contribution is -0.110. The average Bonchev–Trinajstić information content (AvgIpc) is 3.95. The minimum absolute atomic E-state index is 0.379. The van der Waals surface area contributed by atoms with Gasteiger partial charge in [0.05, 0.1) is 9.75 Å². The maximum absolute atomic E-state index is 13.2. The van der Waals surface area contributed by atoms with Crippen LogP contribution in [-0.4, -0.2) is 33.1 Å². The molecule has 3 aromatic carbocycles. The highest BCUT2D eigenvalue weighted by Gasteiger charge is 2.49. The summed E-state index contributed by atoms with van der Waals surface area (Å²) in [5.74, 6) is -0.445. The van der Waals surface area contributed by atoms with Crippen LogP contribution in [0.4, 0.5) is 0 Å². The first-order valence-corrected chi connectivity index (χ1v) is 20.4. The minimum atomic E-state index is -0.607. The molecular formula is C44H32N2O6S2. The fraction of sp³-hybridized carbons (Fsp3) is 0.273. The molecule has 5 aromatic rings. The van der Waals surface area contributed by atoms with Crippen LogP contribution in [-0.2, 0) is 20.8 Å². The number of thiazole rings is 2. The number of hydrogen-bond acceptors (Lipinski definition) is 10. The molecule has 11 rings (SSSR count). The van der Waals surface area contributed by atoms with Crippen molar-refractivity contribution in [3.63, 3.8) is 0 Å². The molecule has 0 N–H and O–H groups in total. The Morgan fingerprint density at radius 2 is 0.889 bits per heavy atom. The molecule has 2 spiro atoms. The zero-order valence-electron chi connectivity index (χ0n) is 29.2. The molecule has 0 unspecified atom stereocenters. The van der Waals surface area contributed by atoms with Gasteiger partial charge >= 0.3 is 0 Å². The SMILES string of the molecule is O=C1C(=O)c2ccccc2/C1=C/c1nc2c(s1)-c1cc3c(cc1OC21CCCCC1)-c1sc(/C=C2\C(=O)C(=O)c4ccccc42)nc1C1(CCCCC1)O3. The summed E-state index contributed by atoms with van der Waals surface area (Å²) in [6.45, 7) is 0. The number of benzene rings is 3. The maximum Gasteiger partial charge on any atom is 0.234 e. The van der Waals surface area contributed by atoms with Crippen LogP contribution in [0.15, 0.2) is 60.7 Å². The number of ketones is 4. The van der Waals surface area contributed by atoms with Gasteiger partial charge in [-0.25, -0.2) is 9.97 Å². The monoisotopic (exact) mass is 748 g/mol. The summed E-state index contributed by atoms with van der Waals surface area (Å²) in [5, 5.41) is 1.33. The van der Waals surface area contributed by atoms with Crippen LogP contribution in [0.5, 0.6) is 11.5 Å². The van der Waals surface area contributed by atoms with Gasteiger partial charge in [0.15, 0.2) is 11.2 Å². The fourth-order valence-electron chi connectivity index (χ4n) is 9.40. The van der Waals surface area contributed by atoms with E-state index in [-0.39, 0.29) is 0 Å². The molecule has 0 amide bonds. The molecule has 0 saturated heterocycles. The lowest BCUT2D eigenvalue weighted by Crippen LogP contribution is -2.39. The summed E-state index contributed by atoms with van der Waals surface area (Å²) in [4.78, 5) is 64.4. The van der Waals surface area contributed by atoms with Crippen molar-refractivity contribution < 1.29 is 28.7 Å². The molecular weight excluding hydrogens is 717 g/mol. The van der Waals surface area contributed by atoms with Gasteiger partial charge in [-0.15, -0.1) is 22.7 Å². The minimum Gasteiger partial charge on any atom is -0.480 e. The Morgan fingerprint density at radius 3 is 1.30 bits per heavy atom. The number of allylic oxidation sites excluding steroid dienone is 2. The Morgan fingerprint density at radius 1 is 0.500 bits per heavy atom. The summed E-state index contributed by atoms with van der Waals surface area (Å²) >= 11 is 3.05. The van der Waals surface area contributed by atoms with E-state index >= 15 is 0 Å². The number of nitrogens with zero attached hydrogens (tertiary/aromatic N) is 2. The molecule has 2 aliphatic heterocycles. The number of fused-ring (bicyclic) bond motifs is 10. The molecule has 2 fully saturated rings. The van der Waals surface area contributed by atoms with E-state index in [1.54, 1.807) is 36.4 Å². The summed E-state index contributed by atoms with van der Waals surface area (Å²) in [5.41, 5.74) is 5.30. The highest BCUT2D eigenvalue weighted by atomic mass is 32.1. The largest absolute Gasteiger partial charge is 0.480 e. The van der Waals surface area contributed by atoms with Crippen molar-refractivity contribution in [2.45, 2.75) is 75.4 Å². The second-order valence-electron chi connectivity index (χ2n) is 15.1. The van der Waals surface area contributed by atoms with E-state index in [0.717, 1.165) is 108 Å². The predicted octanol–water partition coefficient (Wildman–Crippen LogP) is 9.65. The van der Waals surface area contributed by atoms with Crippen LogP contribution in [0.3, 0.4) is 0 Å². The molecule has 2 saturated carbocycles. The van der Waals surface area contributed by atoms with Gasteiger partial charge in [-0.1, -0.05) is 61.4 Å². The number of carbonyl (C=O) groups excluding carboxylic acids is 4. The quantitative estimate of drug-likeness (QED) is 0.130. The van der Waals surface area contributed by atoms with Gasteiger partial charge in [-0.2, -0.15) is 0 Å². The fourth-order valence-corrected chi connectivity index (χ4v) is 11.6. The van der Waals surface area contributed by atoms with Crippen molar-refractivity contribution in [2.75, 3.05) is 0 Å². The van der Waals surface area contributed by atoms with E-state index in [1.807, 2.05) is 24.3 Å². The third-order valence-electron chi connectivity index (χ3n) is 12.0. The number of Topliss-reactive ketones (excluding diaryl/α,β-unsaturated/α-hetero) is 4. The van der Waals surface area contributed by atoms with Crippen LogP contribution < -0.4 is 9.47 Å². The van der Waals surface area contributed by atoms with Crippen LogP contribution in [0.25, 0.3) is 44.2 Å². The predicted molar refractivity (Wildman–Crippen MR) is 207 cm³/mol. The Bertz CT molecular complexity index is 2430. The Kier molecular flexibility index (Phi) is 6.90. The van der Waals surface area contributed by atoms with Crippen molar-refractivity contribution in [3.05, 3.63) is 104 Å². The first kappa shape index (κ1) is 32.1. The van der Waals surface area contributed by atoms with Gasteiger partial charge in [0.2, 0.25) is 23.1 Å². The third-order valence-corrected chi connectivity index (χ3v) is 14.1. The molecule has 6 aliphatic rings. The zero-order valence-corrected chi connectivity index (χ0v) is 30.8. The Labute approximate surface area is 318 Å². The normalized spacial score (nSPS) is 21.4. The van der Waals surface area contributed by atoms with E-state index in [4.69, 9.17) is 19.4 Å². The van der Waals surface area contributed by atoms with Gasteiger partial charge in [0, 0.05) is 33.4 Å². The molecule has 2 aromatic heterocycles. The van der Waals surface area contributed by atoms with Crippen LogP contribution >= 0.6 is 22.7 Å². The molecule has 4 aliphatic carbocycles. The topological polar surface area (TPSA) is 113 Å². The average molecular weight is 749 g/mol. The number of aromatic nitrogens is 2. The number of rotatable bonds is 2. The summed E-state index contributed by atoms with van der Waals surface area (Å²) < 4.78 is 14.2. The van der Waals surface area contributed by atoms with Gasteiger partial charge in [-0.3, -0.25) is 19.2 Å². The maximum atomic E-state index is 13.2. The third kappa shape index (κ3) is 4.53. The van der Waals surface area contributed by atoms with Gasteiger partial charge in [-0.05, 0) is 86.8 Å². The van der Waals surface area contributed by atoms with Gasteiger partial charge in [0.1, 0.15) is 32.9 Å². The molecule has 0 bridgehead atoms. The van der Waals surface area contributed by atoms with Crippen LogP contribution in [0.2, 0.25) is 0 Å². The molecule has 266 valence electrons. The van der Waals surface area contributed by atoms with Crippen LogP contribution in [0.1, 0.15) is 117 Å². The molecule has 0 atom stereocenters. The van der Waals surface area contributed by atoms with Crippen molar-refractivity contribution in [3.8, 4) is 32.4 Å². The smallest absolute Gasteiger partial charge is 0.234 e. The summed E-state index contributed by atoms with van der Waals surface area (Å²) in [6.07, 6.45) is 13.2. The molecule has 10 heteroatoms. The van der Waals surface area contributed by atoms with Gasteiger partial charge < -0.3 is 9.47 Å². The Hall–Kier alpha value is -5.32. The second-order valence-corrected chi connectivity index (χ2v) is 17.2. The van der Waals surface area contributed by atoms with Crippen molar-refractivity contribution >= 4 is 69.1 Å². The van der Waals surface area contributed by atoms with E-state index in [1.165, 1.54) is 22.7 Å². The highest BCUT2D eigenvalue weighted by Crippen LogP contribution is 2.59. The van der Waals surface area contributed by atoms with Crippen molar-refractivity contribution in [2.24, 2.45) is 0 Å². The van der Waals surface area contributed by atoms with Crippen molar-refractivity contribution in [1.29, 1.82) is 0 Å². The molecule has 8 nitrogen and oxygen atoms in total. The summed E-state index contributed by atoms with van der Waals surface area (Å²) in [7, 11) is 0. The molecule has 0 radical (unpaired) electrons. The highest BCUT2D eigenvalue weighted by molar-refractivity contribution is 7.16. The van der Waals surface area contributed by atoms with Crippen molar-refractivity contribution in [1.82, 2.24) is 9.97 Å². The molecule has 54 heavy (non-hydrogen) atoms.